The normalized spacial score (nSPS) is 13.6. The van der Waals surface area contributed by atoms with E-state index in [1.54, 1.807) is 21.3 Å². The summed E-state index contributed by atoms with van der Waals surface area (Å²) in [6.45, 7) is 6.99. The highest BCUT2D eigenvalue weighted by Crippen LogP contribution is 2.22. The Morgan fingerprint density at radius 1 is 0.594 bits per heavy atom. The minimum Gasteiger partial charge on any atom is -0.377 e. The number of nitrogens with zero attached hydrogens (tertiary/aromatic N) is 1. The van der Waals surface area contributed by atoms with Crippen LogP contribution in [0.1, 0.15) is 117 Å². The van der Waals surface area contributed by atoms with Gasteiger partial charge in [-0.1, -0.05) is 104 Å². The van der Waals surface area contributed by atoms with Gasteiger partial charge < -0.3 is 17.8 Å². The predicted molar refractivity (Wildman–Crippen MR) is 142 cm³/mol. The van der Waals surface area contributed by atoms with Gasteiger partial charge in [-0.3, -0.25) is 0 Å². The zero-order valence-corrected chi connectivity index (χ0v) is 24.2. The van der Waals surface area contributed by atoms with Crippen LogP contribution in [0.3, 0.4) is 0 Å². The molecule has 0 aliphatic heterocycles. The third kappa shape index (κ3) is 17.5. The van der Waals surface area contributed by atoms with E-state index in [0.717, 1.165) is 17.1 Å². The topological polar surface area (TPSA) is 27.7 Å². The fourth-order valence-electron chi connectivity index (χ4n) is 5.01. The maximum atomic E-state index is 5.60. The smallest absolute Gasteiger partial charge is 0.377 e. The Balaban J connectivity index is 3.61. The molecule has 194 valence electrons. The summed E-state index contributed by atoms with van der Waals surface area (Å²) in [5.74, 6) is 0.526. The zero-order valence-electron chi connectivity index (χ0n) is 23.2. The van der Waals surface area contributed by atoms with Crippen molar-refractivity contribution >= 4 is 8.80 Å². The standard InChI is InChI=1S/C27H60NO3Si/c1-8-9-10-11-12-13-14-15-16-17-18-19-20-21-22-23-24-28(3,4)25-27(2)26-32(29-5,30-6)31-7/h27H,8-26H2,1-7H3/q+1. The van der Waals surface area contributed by atoms with Gasteiger partial charge in [0.1, 0.15) is 0 Å². The molecule has 0 aromatic rings. The molecule has 0 aliphatic rings. The molecule has 0 aliphatic carbocycles. The Morgan fingerprint density at radius 2 is 0.938 bits per heavy atom. The summed E-state index contributed by atoms with van der Waals surface area (Å²) in [7, 11) is 7.38. The van der Waals surface area contributed by atoms with Gasteiger partial charge in [0.15, 0.2) is 0 Å². The third-order valence-electron chi connectivity index (χ3n) is 6.95. The van der Waals surface area contributed by atoms with Gasteiger partial charge in [0.25, 0.3) is 0 Å². The number of quaternary nitrogens is 1. The van der Waals surface area contributed by atoms with Gasteiger partial charge >= 0.3 is 8.80 Å². The average molecular weight is 475 g/mol. The molecule has 0 saturated heterocycles. The summed E-state index contributed by atoms with van der Waals surface area (Å²) in [6.07, 6.45) is 22.9. The maximum absolute atomic E-state index is 5.60. The molecule has 0 saturated carbocycles. The summed E-state index contributed by atoms with van der Waals surface area (Å²) in [5, 5.41) is 0. The van der Waals surface area contributed by atoms with Gasteiger partial charge in [0.05, 0.1) is 27.2 Å². The van der Waals surface area contributed by atoms with Gasteiger partial charge in [-0.25, -0.2) is 0 Å². The maximum Gasteiger partial charge on any atom is 0.500 e. The summed E-state index contributed by atoms with van der Waals surface area (Å²) in [5.41, 5.74) is 0. The fraction of sp³-hybridized carbons (Fsp3) is 1.00. The molecule has 1 atom stereocenters. The van der Waals surface area contributed by atoms with Crippen molar-refractivity contribution in [3.05, 3.63) is 0 Å². The Morgan fingerprint density at radius 3 is 1.28 bits per heavy atom. The van der Waals surface area contributed by atoms with E-state index in [9.17, 15) is 0 Å². The molecule has 0 radical (unpaired) electrons. The first-order chi connectivity index (χ1) is 15.3. The highest BCUT2D eigenvalue weighted by Gasteiger charge is 2.40. The van der Waals surface area contributed by atoms with E-state index in [2.05, 4.69) is 27.9 Å². The zero-order chi connectivity index (χ0) is 24.1. The van der Waals surface area contributed by atoms with E-state index >= 15 is 0 Å². The van der Waals surface area contributed by atoms with Crippen molar-refractivity contribution < 1.29 is 17.8 Å². The van der Waals surface area contributed by atoms with Crippen molar-refractivity contribution in [2.24, 2.45) is 5.92 Å². The van der Waals surface area contributed by atoms with Crippen LogP contribution in [0.4, 0.5) is 0 Å². The lowest BCUT2D eigenvalue weighted by molar-refractivity contribution is -0.893. The van der Waals surface area contributed by atoms with Crippen LogP contribution in [0.25, 0.3) is 0 Å². The molecule has 5 heteroatoms. The lowest BCUT2D eigenvalue weighted by atomic mass is 10.0. The van der Waals surface area contributed by atoms with Crippen LogP contribution >= 0.6 is 0 Å². The van der Waals surface area contributed by atoms with Crippen LogP contribution < -0.4 is 0 Å². The van der Waals surface area contributed by atoms with Crippen LogP contribution in [0, 0.1) is 5.92 Å². The monoisotopic (exact) mass is 474 g/mol. The second-order valence-electron chi connectivity index (χ2n) is 10.7. The van der Waals surface area contributed by atoms with Crippen molar-refractivity contribution in [2.75, 3.05) is 48.5 Å². The summed E-state index contributed by atoms with van der Waals surface area (Å²) < 4.78 is 17.9. The average Bonchev–Trinajstić information content (AvgIpc) is 2.77. The molecule has 0 N–H and O–H groups in total. The van der Waals surface area contributed by atoms with Crippen molar-refractivity contribution in [3.63, 3.8) is 0 Å². The minimum absolute atomic E-state index is 0.526. The van der Waals surface area contributed by atoms with Gasteiger partial charge in [0.2, 0.25) is 0 Å². The highest BCUT2D eigenvalue weighted by molar-refractivity contribution is 6.60. The quantitative estimate of drug-likeness (QED) is 0.0810. The largest absolute Gasteiger partial charge is 0.500 e. The molecule has 0 aromatic carbocycles. The van der Waals surface area contributed by atoms with E-state index in [-0.39, 0.29) is 0 Å². The minimum atomic E-state index is -2.47. The van der Waals surface area contributed by atoms with Gasteiger partial charge in [0, 0.05) is 33.3 Å². The Bertz CT molecular complexity index is 394. The molecule has 0 rings (SSSR count). The first kappa shape index (κ1) is 32.1. The Labute approximate surface area is 203 Å². The van der Waals surface area contributed by atoms with Crippen LogP contribution in [-0.4, -0.2) is 61.8 Å². The molecule has 1 unspecified atom stereocenters. The van der Waals surface area contributed by atoms with Gasteiger partial charge in [-0.05, 0) is 12.8 Å². The number of hydrogen-bond acceptors (Lipinski definition) is 3. The molecule has 32 heavy (non-hydrogen) atoms. The lowest BCUT2D eigenvalue weighted by Gasteiger charge is -2.34. The van der Waals surface area contributed by atoms with E-state index < -0.39 is 8.80 Å². The number of rotatable bonds is 24. The van der Waals surface area contributed by atoms with E-state index in [1.807, 2.05) is 0 Å². The lowest BCUT2D eigenvalue weighted by Crippen LogP contribution is -2.48. The van der Waals surface area contributed by atoms with Crippen molar-refractivity contribution in [2.45, 2.75) is 123 Å². The molecule has 0 spiro atoms. The molecule has 0 bridgehead atoms. The number of hydrogen-bond donors (Lipinski definition) is 0. The molecule has 0 amide bonds. The Hall–Kier alpha value is 0.0569. The highest BCUT2D eigenvalue weighted by atomic mass is 28.4. The molecule has 0 fully saturated rings. The Kier molecular flexibility index (Phi) is 20.5. The molecular weight excluding hydrogens is 414 g/mol. The van der Waals surface area contributed by atoms with E-state index in [1.165, 1.54) is 109 Å². The summed E-state index contributed by atoms with van der Waals surface area (Å²) in [6, 6.07) is 0.886. The molecular formula is C27H60NO3Si+. The molecule has 4 nitrogen and oxygen atoms in total. The molecule has 0 heterocycles. The van der Waals surface area contributed by atoms with Crippen molar-refractivity contribution in [1.82, 2.24) is 0 Å². The van der Waals surface area contributed by atoms with Crippen molar-refractivity contribution in [1.29, 1.82) is 0 Å². The van der Waals surface area contributed by atoms with Gasteiger partial charge in [-0.15, -0.1) is 0 Å². The van der Waals surface area contributed by atoms with Crippen LogP contribution in [0.2, 0.25) is 6.04 Å². The van der Waals surface area contributed by atoms with Gasteiger partial charge in [-0.2, -0.15) is 0 Å². The third-order valence-corrected chi connectivity index (χ3v) is 10.0. The first-order valence-corrected chi connectivity index (χ1v) is 15.8. The second kappa shape index (κ2) is 20.4. The van der Waals surface area contributed by atoms with Crippen molar-refractivity contribution in [3.8, 4) is 0 Å². The van der Waals surface area contributed by atoms with E-state index in [4.69, 9.17) is 13.3 Å². The fourth-order valence-corrected chi connectivity index (χ4v) is 7.00. The second-order valence-corrected chi connectivity index (χ2v) is 13.7. The summed E-state index contributed by atoms with van der Waals surface area (Å²) in [4.78, 5) is 0. The SMILES string of the molecule is CCCCCCCCCCCCCCCCCC[N+](C)(C)CC(C)C[Si](OC)(OC)OC. The first-order valence-electron chi connectivity index (χ1n) is 13.8. The van der Waals surface area contributed by atoms with Crippen LogP contribution in [-0.2, 0) is 13.3 Å². The molecule has 0 aromatic heterocycles. The summed E-state index contributed by atoms with van der Waals surface area (Å²) >= 11 is 0. The van der Waals surface area contributed by atoms with Crippen LogP contribution in [0.5, 0.6) is 0 Å². The number of unbranched alkanes of at least 4 members (excludes halogenated alkanes) is 15. The predicted octanol–water partition coefficient (Wildman–Crippen LogP) is 7.84. The van der Waals surface area contributed by atoms with E-state index in [0.29, 0.717) is 5.92 Å². The van der Waals surface area contributed by atoms with Crippen LogP contribution in [0.15, 0.2) is 0 Å².